The number of rotatable bonds is 7. The van der Waals surface area contributed by atoms with Crippen LogP contribution < -0.4 is 5.32 Å². The van der Waals surface area contributed by atoms with Gasteiger partial charge in [-0.1, -0.05) is 30.3 Å². The Morgan fingerprint density at radius 2 is 1.80 bits per heavy atom. The molecule has 1 aromatic rings. The Kier molecular flexibility index (Phi) is 7.27. The predicted octanol–water partition coefficient (Wildman–Crippen LogP) is 1.39. The predicted molar refractivity (Wildman–Crippen MR) is 99.6 cm³/mol. The molecule has 0 spiro atoms. The molecule has 0 aliphatic carbocycles. The van der Waals surface area contributed by atoms with Crippen molar-refractivity contribution in [2.75, 3.05) is 59.0 Å². The number of amides is 1. The Morgan fingerprint density at radius 3 is 2.52 bits per heavy atom. The minimum Gasteiger partial charge on any atom is -0.379 e. The van der Waals surface area contributed by atoms with Gasteiger partial charge >= 0.3 is 0 Å². The molecule has 2 aliphatic heterocycles. The second-order valence-corrected chi connectivity index (χ2v) is 7.14. The molecule has 0 unspecified atom stereocenters. The van der Waals surface area contributed by atoms with Crippen LogP contribution in [0.25, 0.3) is 0 Å². The smallest absolute Gasteiger partial charge is 0.236 e. The summed E-state index contributed by atoms with van der Waals surface area (Å²) in [5, 5.41) is 3.31. The molecule has 138 valence electrons. The lowest BCUT2D eigenvalue weighted by Gasteiger charge is -2.32. The summed E-state index contributed by atoms with van der Waals surface area (Å²) in [6.07, 6.45) is 3.38. The van der Waals surface area contributed by atoms with E-state index in [2.05, 4.69) is 40.5 Å². The van der Waals surface area contributed by atoms with Crippen LogP contribution in [-0.4, -0.2) is 74.7 Å². The fourth-order valence-corrected chi connectivity index (χ4v) is 3.70. The van der Waals surface area contributed by atoms with Crippen molar-refractivity contribution < 1.29 is 9.53 Å². The van der Waals surface area contributed by atoms with E-state index in [0.29, 0.717) is 12.5 Å². The quantitative estimate of drug-likeness (QED) is 0.759. The number of benzene rings is 1. The number of likely N-dealkylation sites (tertiary alicyclic amines) is 1. The summed E-state index contributed by atoms with van der Waals surface area (Å²) < 4.78 is 5.35. The highest BCUT2D eigenvalue weighted by Gasteiger charge is 2.22. The minimum atomic E-state index is 0.250. The topological polar surface area (TPSA) is 44.8 Å². The van der Waals surface area contributed by atoms with E-state index in [-0.39, 0.29) is 5.91 Å². The zero-order valence-electron chi connectivity index (χ0n) is 15.2. The van der Waals surface area contributed by atoms with Crippen LogP contribution in [-0.2, 0) is 16.0 Å². The third-order valence-electron chi connectivity index (χ3n) is 5.32. The number of morpholine rings is 1. The Morgan fingerprint density at radius 1 is 1.08 bits per heavy atom. The van der Waals surface area contributed by atoms with Crippen LogP contribution in [0.4, 0.5) is 0 Å². The standard InChI is InChI=1S/C20H31N3O2/c24-20(17-21-8-11-22-12-14-25-15-13-22)23-9-6-19(7-10-23)16-18-4-2-1-3-5-18/h1-5,19,21H,6-17H2. The SMILES string of the molecule is O=C(CNCCN1CCOCC1)N1CCC(Cc2ccccc2)CC1. The molecule has 1 N–H and O–H groups in total. The number of nitrogens with one attached hydrogen (secondary N) is 1. The lowest BCUT2D eigenvalue weighted by atomic mass is 9.90. The number of nitrogens with zero attached hydrogens (tertiary/aromatic N) is 2. The summed E-state index contributed by atoms with van der Waals surface area (Å²) in [5.41, 5.74) is 1.41. The second kappa shape index (κ2) is 9.90. The monoisotopic (exact) mass is 345 g/mol. The van der Waals surface area contributed by atoms with Crippen LogP contribution >= 0.6 is 0 Å². The highest BCUT2D eigenvalue weighted by atomic mass is 16.5. The summed E-state index contributed by atoms with van der Waals surface area (Å²) in [6, 6.07) is 10.7. The van der Waals surface area contributed by atoms with Gasteiger partial charge in [0.15, 0.2) is 0 Å². The molecule has 1 aromatic carbocycles. The molecular formula is C20H31N3O2. The first kappa shape index (κ1) is 18.4. The Hall–Kier alpha value is -1.43. The molecule has 2 fully saturated rings. The fraction of sp³-hybridized carbons (Fsp3) is 0.650. The van der Waals surface area contributed by atoms with Crippen molar-refractivity contribution in [2.24, 2.45) is 5.92 Å². The minimum absolute atomic E-state index is 0.250. The molecule has 0 bridgehead atoms. The van der Waals surface area contributed by atoms with Gasteiger partial charge in [0.1, 0.15) is 0 Å². The van der Waals surface area contributed by atoms with Gasteiger partial charge in [-0.2, -0.15) is 0 Å². The second-order valence-electron chi connectivity index (χ2n) is 7.14. The first-order valence-corrected chi connectivity index (χ1v) is 9.64. The van der Waals surface area contributed by atoms with Gasteiger partial charge < -0.3 is 15.0 Å². The van der Waals surface area contributed by atoms with Gasteiger partial charge in [0, 0.05) is 39.3 Å². The molecule has 2 heterocycles. The van der Waals surface area contributed by atoms with Crippen LogP contribution in [0.3, 0.4) is 0 Å². The summed E-state index contributed by atoms with van der Waals surface area (Å²) in [4.78, 5) is 16.8. The molecule has 0 radical (unpaired) electrons. The first-order valence-electron chi connectivity index (χ1n) is 9.64. The van der Waals surface area contributed by atoms with E-state index in [1.165, 1.54) is 5.56 Å². The molecule has 0 aromatic heterocycles. The zero-order valence-corrected chi connectivity index (χ0v) is 15.2. The number of hydrogen-bond acceptors (Lipinski definition) is 4. The van der Waals surface area contributed by atoms with Crippen LogP contribution in [0.5, 0.6) is 0 Å². The molecule has 5 heteroatoms. The number of piperidine rings is 1. The molecule has 3 rings (SSSR count). The van der Waals surface area contributed by atoms with Crippen molar-refractivity contribution in [3.05, 3.63) is 35.9 Å². The number of carbonyl (C=O) groups excluding carboxylic acids is 1. The van der Waals surface area contributed by atoms with Gasteiger partial charge in [-0.05, 0) is 30.7 Å². The van der Waals surface area contributed by atoms with Gasteiger partial charge in [-0.15, -0.1) is 0 Å². The molecule has 1 amide bonds. The van der Waals surface area contributed by atoms with Gasteiger partial charge in [0.05, 0.1) is 19.8 Å². The maximum atomic E-state index is 12.3. The van der Waals surface area contributed by atoms with Crippen molar-refractivity contribution in [3.8, 4) is 0 Å². The average molecular weight is 345 g/mol. The van der Waals surface area contributed by atoms with Crippen LogP contribution in [0, 0.1) is 5.92 Å². The third-order valence-corrected chi connectivity index (χ3v) is 5.32. The van der Waals surface area contributed by atoms with E-state index in [9.17, 15) is 4.79 Å². The largest absolute Gasteiger partial charge is 0.379 e. The van der Waals surface area contributed by atoms with E-state index in [1.54, 1.807) is 0 Å². The summed E-state index contributed by atoms with van der Waals surface area (Å²) in [5.74, 6) is 0.959. The van der Waals surface area contributed by atoms with Crippen molar-refractivity contribution in [1.29, 1.82) is 0 Å². The van der Waals surface area contributed by atoms with Crippen molar-refractivity contribution in [2.45, 2.75) is 19.3 Å². The summed E-state index contributed by atoms with van der Waals surface area (Å²) in [6.45, 7) is 7.81. The van der Waals surface area contributed by atoms with Gasteiger partial charge in [-0.3, -0.25) is 9.69 Å². The van der Waals surface area contributed by atoms with Gasteiger partial charge in [-0.25, -0.2) is 0 Å². The first-order chi connectivity index (χ1) is 12.3. The normalized spacial score (nSPS) is 19.9. The van der Waals surface area contributed by atoms with Crippen molar-refractivity contribution in [3.63, 3.8) is 0 Å². The van der Waals surface area contributed by atoms with Gasteiger partial charge in [0.25, 0.3) is 0 Å². The van der Waals surface area contributed by atoms with E-state index in [4.69, 9.17) is 4.74 Å². The molecule has 2 saturated heterocycles. The van der Waals surface area contributed by atoms with Gasteiger partial charge in [0.2, 0.25) is 5.91 Å². The maximum Gasteiger partial charge on any atom is 0.236 e. The Labute approximate surface area is 151 Å². The Bertz CT molecular complexity index is 509. The lowest BCUT2D eigenvalue weighted by molar-refractivity contribution is -0.131. The average Bonchev–Trinajstić information content (AvgIpc) is 2.67. The molecule has 0 atom stereocenters. The van der Waals surface area contributed by atoms with Crippen LogP contribution in [0.1, 0.15) is 18.4 Å². The highest BCUT2D eigenvalue weighted by molar-refractivity contribution is 5.78. The van der Waals surface area contributed by atoms with Crippen LogP contribution in [0.2, 0.25) is 0 Å². The summed E-state index contributed by atoms with van der Waals surface area (Å²) >= 11 is 0. The third kappa shape index (κ3) is 6.10. The van der Waals surface area contributed by atoms with E-state index in [0.717, 1.165) is 71.7 Å². The van der Waals surface area contributed by atoms with Crippen molar-refractivity contribution >= 4 is 5.91 Å². The summed E-state index contributed by atoms with van der Waals surface area (Å²) in [7, 11) is 0. The Balaban J connectivity index is 1.29. The molecule has 25 heavy (non-hydrogen) atoms. The number of carbonyl (C=O) groups is 1. The van der Waals surface area contributed by atoms with Crippen molar-refractivity contribution in [1.82, 2.24) is 15.1 Å². The zero-order chi connectivity index (χ0) is 17.3. The maximum absolute atomic E-state index is 12.3. The van der Waals surface area contributed by atoms with E-state index < -0.39 is 0 Å². The lowest BCUT2D eigenvalue weighted by Crippen LogP contribution is -2.45. The molecule has 0 saturated carbocycles. The fourth-order valence-electron chi connectivity index (χ4n) is 3.70. The van der Waals surface area contributed by atoms with E-state index in [1.807, 2.05) is 4.90 Å². The highest BCUT2D eigenvalue weighted by Crippen LogP contribution is 2.21. The number of ether oxygens (including phenoxy) is 1. The number of hydrogen-bond donors (Lipinski definition) is 1. The van der Waals surface area contributed by atoms with Crippen LogP contribution in [0.15, 0.2) is 30.3 Å². The molecule has 5 nitrogen and oxygen atoms in total. The van der Waals surface area contributed by atoms with E-state index >= 15 is 0 Å². The molecular weight excluding hydrogens is 314 g/mol. The molecule has 2 aliphatic rings.